The molecule has 3 aromatic rings. The van der Waals surface area contributed by atoms with Gasteiger partial charge in [-0.3, -0.25) is 35.1 Å². The van der Waals surface area contributed by atoms with Crippen molar-refractivity contribution in [1.29, 1.82) is 0 Å². The molecular weight excluding hydrogens is 674 g/mol. The number of hydrogen-bond donors (Lipinski definition) is 1. The Bertz CT molecular complexity index is 1010. The maximum atomic E-state index is 10.0. The quantitative estimate of drug-likeness (QED) is 0.141. The van der Waals surface area contributed by atoms with E-state index in [2.05, 4.69) is 0 Å². The summed E-state index contributed by atoms with van der Waals surface area (Å²) >= 11 is 0. The van der Waals surface area contributed by atoms with E-state index in [1.54, 1.807) is 42.5 Å². The van der Waals surface area contributed by atoms with Gasteiger partial charge in [-0.15, -0.1) is 0 Å². The van der Waals surface area contributed by atoms with Crippen LogP contribution >= 0.6 is 0 Å². The molecule has 0 fully saturated rings. The molecule has 11 heteroatoms. The molecule has 53 heavy (non-hydrogen) atoms. The lowest BCUT2D eigenvalue weighted by Crippen LogP contribution is -2.11. The maximum Gasteiger partial charge on any atom is 0.233 e. The van der Waals surface area contributed by atoms with Crippen molar-refractivity contribution in [3.63, 3.8) is 0 Å². The SMILES string of the molecule is CC.CC.CC.CC.CC.CC.CC.CC.CC.C[N+](=O)[O-].O=Cc1ccccc1.O=[N+]([O-])CC(O)c1ccccc1.O=[N+]([O-])CCc1ccccc1. The van der Waals surface area contributed by atoms with Gasteiger partial charge in [-0.25, -0.2) is 0 Å². The number of aldehydes is 1. The number of carbonyl (C=O) groups is 1. The molecule has 0 aliphatic rings. The number of benzene rings is 3. The van der Waals surface area contributed by atoms with Gasteiger partial charge in [0.25, 0.3) is 0 Å². The lowest BCUT2D eigenvalue weighted by atomic mass is 10.1. The summed E-state index contributed by atoms with van der Waals surface area (Å²) in [5.41, 5.74) is 2.32. The van der Waals surface area contributed by atoms with Crippen LogP contribution in [0.25, 0.3) is 0 Å². The zero-order valence-electron chi connectivity index (χ0n) is 37.1. The van der Waals surface area contributed by atoms with Gasteiger partial charge >= 0.3 is 0 Å². The highest BCUT2D eigenvalue weighted by Gasteiger charge is 2.12. The number of aliphatic hydroxyl groups is 1. The molecule has 3 aromatic carbocycles. The van der Waals surface area contributed by atoms with Crippen LogP contribution in [0.3, 0.4) is 0 Å². The number of nitro groups is 3. The van der Waals surface area contributed by atoms with Gasteiger partial charge in [-0.2, -0.15) is 0 Å². The maximum absolute atomic E-state index is 10.0. The summed E-state index contributed by atoms with van der Waals surface area (Å²) in [6.45, 7) is 35.6. The molecule has 0 saturated carbocycles. The standard InChI is InChI=1S/C8H9NO3.C8H9NO2.C7H6O.9C2H6.CH3NO2/c10-8(6-9(11)12)7-4-2-1-3-5-7;10-9(11)7-6-8-4-2-1-3-5-8;8-6-7-4-2-1-3-5-7;9*1-2;1-2(3)4/h1-5,8,10H,6H2;1-5H,6-7H2;1-6H;9*1-2H3;1H3. The Morgan fingerprint density at radius 1 is 0.528 bits per heavy atom. The molecule has 3 rings (SSSR count). The number of carbonyl (C=O) groups excluding carboxylic acids is 1. The third-order valence-corrected chi connectivity index (χ3v) is 3.87. The molecule has 1 unspecified atom stereocenters. The van der Waals surface area contributed by atoms with E-state index in [4.69, 9.17) is 10.1 Å². The van der Waals surface area contributed by atoms with Crippen molar-refractivity contribution in [3.05, 3.63) is 138 Å². The zero-order chi connectivity index (χ0) is 44.5. The van der Waals surface area contributed by atoms with Crippen molar-refractivity contribution in [2.45, 2.75) is 137 Å². The molecule has 0 heterocycles. The molecule has 312 valence electrons. The van der Waals surface area contributed by atoms with Crippen LogP contribution in [0.4, 0.5) is 0 Å². The highest BCUT2D eigenvalue weighted by atomic mass is 16.6. The number of aliphatic hydroxyl groups excluding tert-OH is 1. The van der Waals surface area contributed by atoms with Crippen LogP contribution in [0.15, 0.2) is 91.0 Å². The Hall–Kier alpha value is -4.51. The molecule has 11 nitrogen and oxygen atoms in total. The topological polar surface area (TPSA) is 167 Å². The molecule has 0 aromatic heterocycles. The fourth-order valence-corrected chi connectivity index (χ4v) is 2.32. The molecule has 0 aliphatic carbocycles. The third kappa shape index (κ3) is 82.6. The minimum atomic E-state index is -0.999. The summed E-state index contributed by atoms with van der Waals surface area (Å²) < 4.78 is 0. The van der Waals surface area contributed by atoms with Gasteiger partial charge < -0.3 is 5.11 Å². The van der Waals surface area contributed by atoms with E-state index < -0.39 is 22.5 Å². The highest BCUT2D eigenvalue weighted by molar-refractivity contribution is 5.74. The van der Waals surface area contributed by atoms with Crippen molar-refractivity contribution in [3.8, 4) is 0 Å². The number of nitrogens with zero attached hydrogens (tertiary/aromatic N) is 3. The highest BCUT2D eigenvalue weighted by Crippen LogP contribution is 2.11. The first-order chi connectivity index (χ1) is 25.6. The minimum Gasteiger partial charge on any atom is -0.382 e. The van der Waals surface area contributed by atoms with Crippen LogP contribution < -0.4 is 0 Å². The van der Waals surface area contributed by atoms with Crippen molar-refractivity contribution in [2.75, 3.05) is 20.1 Å². The molecule has 0 aliphatic heterocycles. The predicted octanol–water partition coefficient (Wildman–Crippen LogP) is 13.1. The smallest absolute Gasteiger partial charge is 0.233 e. The molecular formula is C42H81N3O8. The normalized spacial score (nSPS) is 7.55. The van der Waals surface area contributed by atoms with Crippen LogP contribution in [0.1, 0.15) is 152 Å². The number of hydrogen-bond acceptors (Lipinski definition) is 8. The average Bonchev–Trinajstić information content (AvgIpc) is 3.25. The Morgan fingerprint density at radius 2 is 0.811 bits per heavy atom. The van der Waals surface area contributed by atoms with E-state index in [-0.39, 0.29) is 11.5 Å². The average molecular weight is 756 g/mol. The Morgan fingerprint density at radius 3 is 1.06 bits per heavy atom. The fourth-order valence-electron chi connectivity index (χ4n) is 2.32. The first kappa shape index (κ1) is 73.8. The van der Waals surface area contributed by atoms with E-state index in [1.807, 2.05) is 173 Å². The summed E-state index contributed by atoms with van der Waals surface area (Å²) in [6.07, 6.45) is 0.356. The van der Waals surface area contributed by atoms with E-state index in [0.29, 0.717) is 12.0 Å². The van der Waals surface area contributed by atoms with Crippen LogP contribution in [0.2, 0.25) is 0 Å². The zero-order valence-corrected chi connectivity index (χ0v) is 37.1. The first-order valence-corrected chi connectivity index (χ1v) is 19.2. The molecule has 0 bridgehead atoms. The van der Waals surface area contributed by atoms with Crippen molar-refractivity contribution >= 4 is 6.29 Å². The second-order valence-electron chi connectivity index (χ2n) is 6.70. The lowest BCUT2D eigenvalue weighted by molar-refractivity contribution is -0.491. The van der Waals surface area contributed by atoms with Crippen LogP contribution in [0, 0.1) is 30.3 Å². The first-order valence-electron chi connectivity index (χ1n) is 19.2. The third-order valence-electron chi connectivity index (χ3n) is 3.87. The van der Waals surface area contributed by atoms with Gasteiger partial charge in [0.05, 0.1) is 0 Å². The van der Waals surface area contributed by atoms with E-state index in [9.17, 15) is 30.1 Å². The second-order valence-corrected chi connectivity index (χ2v) is 6.70. The van der Waals surface area contributed by atoms with Gasteiger partial charge in [-0.05, 0) is 11.1 Å². The molecule has 0 radical (unpaired) electrons. The molecule has 0 saturated heterocycles. The van der Waals surface area contributed by atoms with Gasteiger partial charge in [-0.1, -0.05) is 216 Å². The van der Waals surface area contributed by atoms with Crippen molar-refractivity contribution in [1.82, 2.24) is 0 Å². The van der Waals surface area contributed by atoms with Crippen LogP contribution in [-0.4, -0.2) is 46.3 Å². The Labute approximate surface area is 325 Å². The summed E-state index contributed by atoms with van der Waals surface area (Å²) in [6, 6.07) is 27.1. The number of rotatable bonds is 7. The Kier molecular flexibility index (Phi) is 113. The molecule has 0 amide bonds. The van der Waals surface area contributed by atoms with Crippen molar-refractivity contribution < 1.29 is 24.7 Å². The van der Waals surface area contributed by atoms with Gasteiger partial charge in [0.2, 0.25) is 13.1 Å². The van der Waals surface area contributed by atoms with Gasteiger partial charge in [0.1, 0.15) is 12.4 Å². The summed E-state index contributed by atoms with van der Waals surface area (Å²) in [5.74, 6) is 0. The fraction of sp³-hybridized carbons (Fsp3) is 0.548. The molecule has 1 atom stereocenters. The molecule has 0 spiro atoms. The monoisotopic (exact) mass is 756 g/mol. The summed E-state index contributed by atoms with van der Waals surface area (Å²) in [4.78, 5) is 37.5. The van der Waals surface area contributed by atoms with Gasteiger partial charge in [0, 0.05) is 26.8 Å². The second kappa shape index (κ2) is 81.5. The van der Waals surface area contributed by atoms with Crippen LogP contribution in [-0.2, 0) is 6.42 Å². The summed E-state index contributed by atoms with van der Waals surface area (Å²) in [5, 5.41) is 38.1. The van der Waals surface area contributed by atoms with Crippen molar-refractivity contribution in [2.24, 2.45) is 0 Å². The minimum absolute atomic E-state index is 0.0179. The predicted molar refractivity (Wildman–Crippen MR) is 232 cm³/mol. The van der Waals surface area contributed by atoms with Gasteiger partial charge in [0.15, 0.2) is 7.05 Å². The van der Waals surface area contributed by atoms with E-state index in [0.717, 1.165) is 24.5 Å². The van der Waals surface area contributed by atoms with E-state index >= 15 is 0 Å². The van der Waals surface area contributed by atoms with Crippen LogP contribution in [0.5, 0.6) is 0 Å². The largest absolute Gasteiger partial charge is 0.382 e. The lowest BCUT2D eigenvalue weighted by Gasteiger charge is -2.04. The molecule has 1 N–H and O–H groups in total. The van der Waals surface area contributed by atoms with E-state index in [1.165, 1.54) is 0 Å². The Balaban J connectivity index is -0.0000000521. The summed E-state index contributed by atoms with van der Waals surface area (Å²) in [7, 11) is 0.889.